The van der Waals surface area contributed by atoms with Gasteiger partial charge in [0.05, 0.1) is 0 Å². The van der Waals surface area contributed by atoms with Crippen LogP contribution in [-0.4, -0.2) is 18.3 Å². The van der Waals surface area contributed by atoms with Crippen LogP contribution in [0.3, 0.4) is 0 Å². The maximum Gasteiger partial charge on any atom is 0.223 e. The molecule has 0 saturated heterocycles. The van der Waals surface area contributed by atoms with Crippen LogP contribution >= 0.6 is 11.6 Å². The maximum atomic E-state index is 12.3. The van der Waals surface area contributed by atoms with Gasteiger partial charge in [0.15, 0.2) is 0 Å². The van der Waals surface area contributed by atoms with E-state index in [9.17, 15) is 4.79 Å². The first-order chi connectivity index (χ1) is 8.49. The topological polar surface area (TPSA) is 29.1 Å². The number of amides is 1. The Hall–Kier alpha value is -0.240. The van der Waals surface area contributed by atoms with Gasteiger partial charge in [-0.05, 0) is 42.9 Å². The molecule has 0 heterocycles. The van der Waals surface area contributed by atoms with E-state index in [-0.39, 0.29) is 17.2 Å². The number of halogens is 1. The van der Waals surface area contributed by atoms with E-state index in [1.54, 1.807) is 0 Å². The van der Waals surface area contributed by atoms with Crippen molar-refractivity contribution in [2.45, 2.75) is 58.8 Å². The normalized spacial score (nSPS) is 28.7. The summed E-state index contributed by atoms with van der Waals surface area (Å²) < 4.78 is 0. The molecule has 3 heteroatoms. The van der Waals surface area contributed by atoms with Gasteiger partial charge in [0, 0.05) is 18.3 Å². The molecular weight excluding hydrogens is 246 g/mol. The van der Waals surface area contributed by atoms with Crippen LogP contribution in [0.25, 0.3) is 0 Å². The highest BCUT2D eigenvalue weighted by molar-refractivity contribution is 6.17. The zero-order valence-electron chi connectivity index (χ0n) is 11.7. The summed E-state index contributed by atoms with van der Waals surface area (Å²) >= 11 is 5.82. The van der Waals surface area contributed by atoms with Crippen LogP contribution < -0.4 is 5.32 Å². The average molecular weight is 272 g/mol. The highest BCUT2D eigenvalue weighted by Gasteiger charge is 2.43. The average Bonchev–Trinajstić information content (AvgIpc) is 3.06. The van der Waals surface area contributed by atoms with Gasteiger partial charge < -0.3 is 5.32 Å². The predicted octanol–water partition coefficient (Wildman–Crippen LogP) is 3.73. The third kappa shape index (κ3) is 3.20. The summed E-state index contributed by atoms with van der Waals surface area (Å²) in [6.45, 7) is 5.31. The van der Waals surface area contributed by atoms with Crippen LogP contribution in [0, 0.1) is 16.7 Å². The Morgan fingerprint density at radius 1 is 1.28 bits per heavy atom. The summed E-state index contributed by atoms with van der Waals surface area (Å²) in [5.74, 6) is 1.20. The SMILES string of the molecule is CC1(C)CCCCC1C(=O)NCC1(CCCl)CC1. The van der Waals surface area contributed by atoms with Crippen molar-refractivity contribution in [3.05, 3.63) is 0 Å². The monoisotopic (exact) mass is 271 g/mol. The van der Waals surface area contributed by atoms with Crippen molar-refractivity contribution in [2.24, 2.45) is 16.7 Å². The molecule has 1 unspecified atom stereocenters. The smallest absolute Gasteiger partial charge is 0.223 e. The van der Waals surface area contributed by atoms with E-state index in [1.165, 1.54) is 32.1 Å². The molecule has 0 aliphatic heterocycles. The number of carbonyl (C=O) groups excluding carboxylic acids is 1. The lowest BCUT2D eigenvalue weighted by Gasteiger charge is -2.37. The van der Waals surface area contributed by atoms with Crippen LogP contribution in [0.2, 0.25) is 0 Å². The van der Waals surface area contributed by atoms with Crippen molar-refractivity contribution in [1.82, 2.24) is 5.32 Å². The molecule has 2 nitrogen and oxygen atoms in total. The lowest BCUT2D eigenvalue weighted by atomic mass is 9.68. The molecule has 2 saturated carbocycles. The van der Waals surface area contributed by atoms with Crippen molar-refractivity contribution in [1.29, 1.82) is 0 Å². The van der Waals surface area contributed by atoms with Crippen LogP contribution in [-0.2, 0) is 4.79 Å². The summed E-state index contributed by atoms with van der Waals surface area (Å²) in [6, 6.07) is 0. The fourth-order valence-corrected chi connectivity index (χ4v) is 3.67. The van der Waals surface area contributed by atoms with E-state index in [4.69, 9.17) is 11.6 Å². The Kier molecular flexibility index (Phi) is 4.25. The number of hydrogen-bond acceptors (Lipinski definition) is 1. The van der Waals surface area contributed by atoms with Crippen molar-refractivity contribution in [3.8, 4) is 0 Å². The summed E-state index contributed by atoms with van der Waals surface area (Å²) in [5, 5.41) is 3.20. The second-order valence-corrected chi connectivity index (χ2v) is 7.32. The summed E-state index contributed by atoms with van der Waals surface area (Å²) in [4.78, 5) is 12.3. The minimum atomic E-state index is 0.172. The minimum absolute atomic E-state index is 0.172. The molecule has 1 N–H and O–H groups in total. The van der Waals surface area contributed by atoms with Gasteiger partial charge in [-0.25, -0.2) is 0 Å². The van der Waals surface area contributed by atoms with Crippen LogP contribution in [0.15, 0.2) is 0 Å². The van der Waals surface area contributed by atoms with Crippen molar-refractivity contribution >= 4 is 17.5 Å². The molecule has 0 aromatic heterocycles. The van der Waals surface area contributed by atoms with Gasteiger partial charge in [0.1, 0.15) is 0 Å². The Balaban J connectivity index is 1.84. The first-order valence-corrected chi connectivity index (χ1v) is 7.86. The van der Waals surface area contributed by atoms with E-state index < -0.39 is 0 Å². The molecule has 2 aliphatic rings. The lowest BCUT2D eigenvalue weighted by molar-refractivity contribution is -0.130. The third-order valence-corrected chi connectivity index (χ3v) is 5.23. The molecule has 18 heavy (non-hydrogen) atoms. The van der Waals surface area contributed by atoms with E-state index in [0.717, 1.165) is 19.4 Å². The Morgan fingerprint density at radius 3 is 2.56 bits per heavy atom. The Bertz CT molecular complexity index is 310. The maximum absolute atomic E-state index is 12.3. The van der Waals surface area contributed by atoms with Gasteiger partial charge >= 0.3 is 0 Å². The molecule has 1 atom stereocenters. The van der Waals surface area contributed by atoms with Gasteiger partial charge in [-0.2, -0.15) is 0 Å². The summed E-state index contributed by atoms with van der Waals surface area (Å²) in [5.41, 5.74) is 0.516. The molecule has 2 fully saturated rings. The molecule has 0 bridgehead atoms. The number of rotatable bonds is 5. The second-order valence-electron chi connectivity index (χ2n) is 6.94. The minimum Gasteiger partial charge on any atom is -0.355 e. The van der Waals surface area contributed by atoms with Gasteiger partial charge in [-0.15, -0.1) is 11.6 Å². The van der Waals surface area contributed by atoms with E-state index >= 15 is 0 Å². The Morgan fingerprint density at radius 2 is 2.00 bits per heavy atom. The predicted molar refractivity (Wildman–Crippen MR) is 75.8 cm³/mol. The van der Waals surface area contributed by atoms with Gasteiger partial charge in [0.25, 0.3) is 0 Å². The molecular formula is C15H26ClNO. The molecule has 2 aliphatic carbocycles. The van der Waals surface area contributed by atoms with E-state index in [0.29, 0.717) is 11.3 Å². The van der Waals surface area contributed by atoms with Gasteiger partial charge in [-0.3, -0.25) is 4.79 Å². The molecule has 0 radical (unpaired) electrons. The molecule has 1 amide bonds. The number of alkyl halides is 1. The number of nitrogens with one attached hydrogen (secondary N) is 1. The summed E-state index contributed by atoms with van der Waals surface area (Å²) in [7, 11) is 0. The molecule has 0 aromatic carbocycles. The van der Waals surface area contributed by atoms with E-state index in [2.05, 4.69) is 19.2 Å². The molecule has 0 aromatic rings. The number of carbonyl (C=O) groups is 1. The fourth-order valence-electron chi connectivity index (χ4n) is 3.27. The van der Waals surface area contributed by atoms with Crippen molar-refractivity contribution in [2.75, 3.05) is 12.4 Å². The standard InChI is InChI=1S/C15H26ClNO/c1-14(2)6-4-3-5-12(14)13(18)17-11-15(7-8-15)9-10-16/h12H,3-11H2,1-2H3,(H,17,18). The van der Waals surface area contributed by atoms with Gasteiger partial charge in [-0.1, -0.05) is 26.7 Å². The highest BCUT2D eigenvalue weighted by atomic mass is 35.5. The first-order valence-electron chi connectivity index (χ1n) is 7.33. The Labute approximate surface area is 116 Å². The third-order valence-electron chi connectivity index (χ3n) is 5.04. The quantitative estimate of drug-likeness (QED) is 0.759. The van der Waals surface area contributed by atoms with Crippen molar-refractivity contribution < 1.29 is 4.79 Å². The fraction of sp³-hybridized carbons (Fsp3) is 0.933. The molecule has 104 valence electrons. The van der Waals surface area contributed by atoms with E-state index in [1.807, 2.05) is 0 Å². The molecule has 2 rings (SSSR count). The zero-order valence-corrected chi connectivity index (χ0v) is 12.5. The largest absolute Gasteiger partial charge is 0.355 e. The highest BCUT2D eigenvalue weighted by Crippen LogP contribution is 2.48. The van der Waals surface area contributed by atoms with Crippen molar-refractivity contribution in [3.63, 3.8) is 0 Å². The second kappa shape index (κ2) is 5.40. The summed E-state index contributed by atoms with van der Waals surface area (Å²) in [6.07, 6.45) is 8.21. The van der Waals surface area contributed by atoms with Crippen LogP contribution in [0.4, 0.5) is 0 Å². The lowest BCUT2D eigenvalue weighted by Crippen LogP contribution is -2.43. The first kappa shape index (κ1) is 14.2. The van der Waals surface area contributed by atoms with Crippen LogP contribution in [0.5, 0.6) is 0 Å². The van der Waals surface area contributed by atoms with Gasteiger partial charge in [0.2, 0.25) is 5.91 Å². The number of hydrogen-bond donors (Lipinski definition) is 1. The molecule has 0 spiro atoms. The zero-order chi connectivity index (χ0) is 13.2. The van der Waals surface area contributed by atoms with Crippen LogP contribution in [0.1, 0.15) is 58.8 Å².